The zero-order valence-electron chi connectivity index (χ0n) is 13.5. The Morgan fingerprint density at radius 2 is 1.71 bits per heavy atom. The number of hydrogen-bond donors (Lipinski definition) is 1. The van der Waals surface area contributed by atoms with Gasteiger partial charge in [-0.25, -0.2) is 9.97 Å². The van der Waals surface area contributed by atoms with E-state index in [0.29, 0.717) is 0 Å². The quantitative estimate of drug-likeness (QED) is 0.901. The maximum atomic E-state index is 4.75. The molecule has 0 saturated heterocycles. The van der Waals surface area contributed by atoms with Gasteiger partial charge in [0, 0.05) is 24.4 Å². The molecule has 2 aromatic rings. The first kappa shape index (κ1) is 15.5. The summed E-state index contributed by atoms with van der Waals surface area (Å²) >= 11 is 0. The number of anilines is 1. The summed E-state index contributed by atoms with van der Waals surface area (Å²) in [5.74, 6) is 1.85. The number of benzene rings is 1. The van der Waals surface area contributed by atoms with Crippen LogP contribution in [0, 0.1) is 0 Å². The average Bonchev–Trinajstić information content (AvgIpc) is 2.45. The SMILES string of the molecule is CCNc1cc(C(C)(C)C)nc(CCc2ccccc2)n1. The van der Waals surface area contributed by atoms with Crippen molar-refractivity contribution in [3.63, 3.8) is 0 Å². The molecule has 0 aliphatic carbocycles. The second-order valence-corrected chi connectivity index (χ2v) is 6.32. The molecular formula is C18H25N3. The lowest BCUT2D eigenvalue weighted by Crippen LogP contribution is -2.17. The third kappa shape index (κ3) is 4.55. The number of rotatable bonds is 5. The Hall–Kier alpha value is -1.90. The molecule has 112 valence electrons. The Bertz CT molecular complexity index is 571. The van der Waals surface area contributed by atoms with E-state index in [4.69, 9.17) is 4.98 Å². The van der Waals surface area contributed by atoms with E-state index in [0.717, 1.165) is 36.7 Å². The van der Waals surface area contributed by atoms with Crippen molar-refractivity contribution in [3.8, 4) is 0 Å². The largest absolute Gasteiger partial charge is 0.370 e. The van der Waals surface area contributed by atoms with Crippen LogP contribution in [0.1, 0.15) is 44.8 Å². The van der Waals surface area contributed by atoms with Crippen LogP contribution in [0.5, 0.6) is 0 Å². The third-order valence-corrected chi connectivity index (χ3v) is 3.38. The normalized spacial score (nSPS) is 11.4. The molecule has 0 radical (unpaired) electrons. The zero-order chi connectivity index (χ0) is 15.3. The molecule has 2 rings (SSSR count). The molecule has 0 aliphatic heterocycles. The molecule has 0 unspecified atom stereocenters. The monoisotopic (exact) mass is 283 g/mol. The van der Waals surface area contributed by atoms with Gasteiger partial charge in [-0.3, -0.25) is 0 Å². The van der Waals surface area contributed by atoms with Crippen LogP contribution in [0.3, 0.4) is 0 Å². The molecule has 0 spiro atoms. The van der Waals surface area contributed by atoms with Crippen LogP contribution in [-0.4, -0.2) is 16.5 Å². The van der Waals surface area contributed by atoms with Crippen molar-refractivity contribution in [2.24, 2.45) is 0 Å². The summed E-state index contributed by atoms with van der Waals surface area (Å²) in [6.45, 7) is 9.52. The molecule has 0 atom stereocenters. The first-order valence-electron chi connectivity index (χ1n) is 7.65. The van der Waals surface area contributed by atoms with Crippen molar-refractivity contribution in [2.75, 3.05) is 11.9 Å². The summed E-state index contributed by atoms with van der Waals surface area (Å²) in [7, 11) is 0. The van der Waals surface area contributed by atoms with E-state index in [1.807, 2.05) is 6.07 Å². The van der Waals surface area contributed by atoms with Gasteiger partial charge in [-0.1, -0.05) is 51.1 Å². The molecule has 0 bridgehead atoms. The van der Waals surface area contributed by atoms with Crippen LogP contribution in [0.4, 0.5) is 5.82 Å². The van der Waals surface area contributed by atoms with E-state index < -0.39 is 0 Å². The maximum Gasteiger partial charge on any atom is 0.131 e. The van der Waals surface area contributed by atoms with Gasteiger partial charge in [-0.15, -0.1) is 0 Å². The van der Waals surface area contributed by atoms with Gasteiger partial charge in [0.2, 0.25) is 0 Å². The summed E-state index contributed by atoms with van der Waals surface area (Å²) in [5, 5.41) is 3.31. The van der Waals surface area contributed by atoms with Gasteiger partial charge in [0.25, 0.3) is 0 Å². The third-order valence-electron chi connectivity index (χ3n) is 3.38. The Balaban J connectivity index is 2.19. The first-order chi connectivity index (χ1) is 9.99. The van der Waals surface area contributed by atoms with Crippen LogP contribution < -0.4 is 5.32 Å². The summed E-state index contributed by atoms with van der Waals surface area (Å²) in [6, 6.07) is 12.6. The van der Waals surface area contributed by atoms with E-state index in [1.165, 1.54) is 5.56 Å². The Morgan fingerprint density at radius 1 is 1.00 bits per heavy atom. The van der Waals surface area contributed by atoms with Gasteiger partial charge in [-0.2, -0.15) is 0 Å². The Labute approximate surface area is 127 Å². The lowest BCUT2D eigenvalue weighted by atomic mass is 9.92. The molecule has 21 heavy (non-hydrogen) atoms. The van der Waals surface area contributed by atoms with E-state index in [-0.39, 0.29) is 5.41 Å². The van der Waals surface area contributed by atoms with Crippen molar-refractivity contribution < 1.29 is 0 Å². The number of hydrogen-bond acceptors (Lipinski definition) is 3. The van der Waals surface area contributed by atoms with Crippen LogP contribution >= 0.6 is 0 Å². The van der Waals surface area contributed by atoms with E-state index in [2.05, 4.69) is 68.3 Å². The second-order valence-electron chi connectivity index (χ2n) is 6.32. The van der Waals surface area contributed by atoms with E-state index in [1.54, 1.807) is 0 Å². The van der Waals surface area contributed by atoms with Crippen molar-refractivity contribution in [2.45, 2.75) is 46.0 Å². The van der Waals surface area contributed by atoms with Crippen molar-refractivity contribution in [1.29, 1.82) is 0 Å². The number of nitrogens with one attached hydrogen (secondary N) is 1. The zero-order valence-corrected chi connectivity index (χ0v) is 13.5. The molecule has 1 aromatic heterocycles. The summed E-state index contributed by atoms with van der Waals surface area (Å²) < 4.78 is 0. The molecule has 3 heteroatoms. The van der Waals surface area contributed by atoms with Gasteiger partial charge in [0.15, 0.2) is 0 Å². The summed E-state index contributed by atoms with van der Waals surface area (Å²) in [5.41, 5.74) is 2.46. The average molecular weight is 283 g/mol. The highest BCUT2D eigenvalue weighted by Gasteiger charge is 2.17. The van der Waals surface area contributed by atoms with Gasteiger partial charge >= 0.3 is 0 Å². The van der Waals surface area contributed by atoms with Crippen LogP contribution in [0.2, 0.25) is 0 Å². The van der Waals surface area contributed by atoms with Gasteiger partial charge in [-0.05, 0) is 18.9 Å². The van der Waals surface area contributed by atoms with Gasteiger partial charge in [0.1, 0.15) is 11.6 Å². The molecule has 0 fully saturated rings. The molecule has 3 nitrogen and oxygen atoms in total. The molecule has 1 aromatic carbocycles. The Morgan fingerprint density at radius 3 is 2.33 bits per heavy atom. The molecule has 1 N–H and O–H groups in total. The minimum atomic E-state index is 0.0363. The molecule has 0 saturated carbocycles. The van der Waals surface area contributed by atoms with Crippen molar-refractivity contribution in [1.82, 2.24) is 9.97 Å². The van der Waals surface area contributed by atoms with E-state index >= 15 is 0 Å². The summed E-state index contributed by atoms with van der Waals surface area (Å²) in [4.78, 5) is 9.38. The van der Waals surface area contributed by atoms with Crippen molar-refractivity contribution >= 4 is 5.82 Å². The number of aromatic nitrogens is 2. The van der Waals surface area contributed by atoms with Gasteiger partial charge in [0.05, 0.1) is 5.69 Å². The second kappa shape index (κ2) is 6.70. The molecule has 0 amide bonds. The van der Waals surface area contributed by atoms with Crippen LogP contribution in [0.15, 0.2) is 36.4 Å². The topological polar surface area (TPSA) is 37.8 Å². The maximum absolute atomic E-state index is 4.75. The molecule has 1 heterocycles. The Kier molecular flexibility index (Phi) is 4.94. The number of nitrogens with zero attached hydrogens (tertiary/aromatic N) is 2. The van der Waals surface area contributed by atoms with Crippen LogP contribution in [0.25, 0.3) is 0 Å². The molecular weight excluding hydrogens is 258 g/mol. The fourth-order valence-corrected chi connectivity index (χ4v) is 2.17. The standard InChI is InChI=1S/C18H25N3/c1-5-19-17-13-15(18(2,3)4)20-16(21-17)12-11-14-9-7-6-8-10-14/h6-10,13H,5,11-12H2,1-4H3,(H,19,20,21). The highest BCUT2D eigenvalue weighted by Crippen LogP contribution is 2.22. The predicted molar refractivity (Wildman–Crippen MR) is 88.7 cm³/mol. The first-order valence-corrected chi connectivity index (χ1v) is 7.65. The minimum Gasteiger partial charge on any atom is -0.370 e. The molecule has 0 aliphatic rings. The smallest absolute Gasteiger partial charge is 0.131 e. The minimum absolute atomic E-state index is 0.0363. The fourth-order valence-electron chi connectivity index (χ4n) is 2.17. The van der Waals surface area contributed by atoms with E-state index in [9.17, 15) is 0 Å². The van der Waals surface area contributed by atoms with Gasteiger partial charge < -0.3 is 5.32 Å². The highest BCUT2D eigenvalue weighted by molar-refractivity contribution is 5.38. The van der Waals surface area contributed by atoms with Crippen LogP contribution in [-0.2, 0) is 18.3 Å². The fraction of sp³-hybridized carbons (Fsp3) is 0.444. The number of aryl methyl sites for hydroxylation is 2. The summed E-state index contributed by atoms with van der Waals surface area (Å²) in [6.07, 6.45) is 1.84. The predicted octanol–water partition coefficient (Wildman–Crippen LogP) is 3.99. The highest BCUT2D eigenvalue weighted by atomic mass is 15.0. The lowest BCUT2D eigenvalue weighted by molar-refractivity contribution is 0.562. The van der Waals surface area contributed by atoms with Crippen molar-refractivity contribution in [3.05, 3.63) is 53.5 Å². The lowest BCUT2D eigenvalue weighted by Gasteiger charge is -2.19.